The Kier molecular flexibility index (Phi) is 4.21. The van der Waals surface area contributed by atoms with Crippen LogP contribution in [0.4, 0.5) is 5.69 Å². The summed E-state index contributed by atoms with van der Waals surface area (Å²) in [5.41, 5.74) is 1.29. The number of hydrogen-bond acceptors (Lipinski definition) is 3. The van der Waals surface area contributed by atoms with E-state index in [-0.39, 0.29) is 11.9 Å². The van der Waals surface area contributed by atoms with Crippen molar-refractivity contribution in [2.75, 3.05) is 24.5 Å². The third-order valence-corrected chi connectivity index (χ3v) is 4.34. The molecule has 0 aromatic heterocycles. The molecule has 2 fully saturated rings. The molecule has 1 amide bonds. The zero-order valence-corrected chi connectivity index (χ0v) is 11.8. The lowest BCUT2D eigenvalue weighted by Crippen LogP contribution is -2.49. The quantitative estimate of drug-likeness (QED) is 0.878. The molecule has 1 aromatic rings. The van der Waals surface area contributed by atoms with Gasteiger partial charge in [0.1, 0.15) is 0 Å². The molecule has 0 aliphatic carbocycles. The number of benzene rings is 1. The fraction of sp³-hybridized carbons (Fsp3) is 0.562. The van der Waals surface area contributed by atoms with Gasteiger partial charge in [0, 0.05) is 24.8 Å². The van der Waals surface area contributed by atoms with Gasteiger partial charge in [-0.1, -0.05) is 18.2 Å². The summed E-state index contributed by atoms with van der Waals surface area (Å²) in [5, 5.41) is 6.46. The highest BCUT2D eigenvalue weighted by Gasteiger charge is 2.26. The van der Waals surface area contributed by atoms with Crippen LogP contribution >= 0.6 is 0 Å². The number of para-hydroxylation sites is 1. The van der Waals surface area contributed by atoms with E-state index in [1.807, 2.05) is 6.07 Å². The fourth-order valence-electron chi connectivity index (χ4n) is 3.13. The van der Waals surface area contributed by atoms with Crippen molar-refractivity contribution in [1.82, 2.24) is 10.6 Å². The molecular formula is C16H23N3O. The number of nitrogens with zero attached hydrogens (tertiary/aromatic N) is 1. The van der Waals surface area contributed by atoms with Gasteiger partial charge >= 0.3 is 0 Å². The molecule has 20 heavy (non-hydrogen) atoms. The molecule has 1 atom stereocenters. The van der Waals surface area contributed by atoms with E-state index in [9.17, 15) is 4.79 Å². The van der Waals surface area contributed by atoms with E-state index in [0.29, 0.717) is 6.04 Å². The molecule has 2 N–H and O–H groups in total. The van der Waals surface area contributed by atoms with E-state index in [0.717, 1.165) is 45.3 Å². The third kappa shape index (κ3) is 3.12. The maximum Gasteiger partial charge on any atom is 0.237 e. The first kappa shape index (κ1) is 13.4. The number of amides is 1. The van der Waals surface area contributed by atoms with Crippen LogP contribution in [0, 0.1) is 0 Å². The lowest BCUT2D eigenvalue weighted by Gasteiger charge is -2.34. The zero-order valence-electron chi connectivity index (χ0n) is 11.8. The number of carbonyl (C=O) groups excluding carboxylic acids is 1. The largest absolute Gasteiger partial charge is 0.371 e. The molecule has 1 aromatic carbocycles. The van der Waals surface area contributed by atoms with Crippen LogP contribution in [-0.4, -0.2) is 37.6 Å². The van der Waals surface area contributed by atoms with E-state index < -0.39 is 0 Å². The van der Waals surface area contributed by atoms with Gasteiger partial charge in [0.05, 0.1) is 6.04 Å². The van der Waals surface area contributed by atoms with Gasteiger partial charge in [-0.2, -0.15) is 0 Å². The Balaban J connectivity index is 1.47. The number of piperidine rings is 1. The number of hydrogen-bond donors (Lipinski definition) is 2. The molecule has 4 nitrogen and oxygen atoms in total. The van der Waals surface area contributed by atoms with Gasteiger partial charge in [0.25, 0.3) is 0 Å². The average molecular weight is 273 g/mol. The predicted octanol–water partition coefficient (Wildman–Crippen LogP) is 1.52. The van der Waals surface area contributed by atoms with E-state index in [1.54, 1.807) is 0 Å². The molecule has 0 radical (unpaired) electrons. The van der Waals surface area contributed by atoms with Crippen molar-refractivity contribution in [2.24, 2.45) is 0 Å². The van der Waals surface area contributed by atoms with Crippen LogP contribution in [0.2, 0.25) is 0 Å². The van der Waals surface area contributed by atoms with Gasteiger partial charge in [0.15, 0.2) is 0 Å². The summed E-state index contributed by atoms with van der Waals surface area (Å²) in [6.45, 7) is 3.02. The third-order valence-electron chi connectivity index (χ3n) is 4.34. The predicted molar refractivity (Wildman–Crippen MR) is 80.8 cm³/mol. The van der Waals surface area contributed by atoms with Crippen molar-refractivity contribution in [1.29, 1.82) is 0 Å². The molecule has 0 spiro atoms. The topological polar surface area (TPSA) is 44.4 Å². The lowest BCUT2D eigenvalue weighted by atomic mass is 10.0. The first-order valence-electron chi connectivity index (χ1n) is 7.67. The van der Waals surface area contributed by atoms with Gasteiger partial charge < -0.3 is 15.5 Å². The Morgan fingerprint density at radius 2 is 1.90 bits per heavy atom. The van der Waals surface area contributed by atoms with Crippen molar-refractivity contribution in [2.45, 2.75) is 37.8 Å². The number of carbonyl (C=O) groups is 1. The summed E-state index contributed by atoms with van der Waals surface area (Å²) < 4.78 is 0. The molecule has 4 heteroatoms. The Morgan fingerprint density at radius 3 is 2.55 bits per heavy atom. The Bertz CT molecular complexity index is 434. The summed E-state index contributed by atoms with van der Waals surface area (Å²) in [5.74, 6) is 0.195. The number of anilines is 1. The second-order valence-electron chi connectivity index (χ2n) is 5.75. The zero-order chi connectivity index (χ0) is 13.8. The molecular weight excluding hydrogens is 250 g/mol. The smallest absolute Gasteiger partial charge is 0.237 e. The van der Waals surface area contributed by atoms with Crippen LogP contribution in [0.25, 0.3) is 0 Å². The fourth-order valence-corrected chi connectivity index (χ4v) is 3.13. The van der Waals surface area contributed by atoms with Gasteiger partial charge in [-0.05, 0) is 44.4 Å². The van der Waals surface area contributed by atoms with Crippen LogP contribution in [0.3, 0.4) is 0 Å². The molecule has 108 valence electrons. The average Bonchev–Trinajstić information content (AvgIpc) is 3.03. The minimum absolute atomic E-state index is 0.0437. The lowest BCUT2D eigenvalue weighted by molar-refractivity contribution is -0.123. The molecule has 3 rings (SSSR count). The van der Waals surface area contributed by atoms with Crippen LogP contribution < -0.4 is 15.5 Å². The molecule has 0 bridgehead atoms. The summed E-state index contributed by atoms with van der Waals surface area (Å²) >= 11 is 0. The van der Waals surface area contributed by atoms with Crippen LogP contribution in [0.15, 0.2) is 30.3 Å². The van der Waals surface area contributed by atoms with Crippen LogP contribution in [-0.2, 0) is 4.79 Å². The van der Waals surface area contributed by atoms with Gasteiger partial charge in [-0.15, -0.1) is 0 Å². The van der Waals surface area contributed by atoms with Crippen molar-refractivity contribution < 1.29 is 4.79 Å². The first-order valence-corrected chi connectivity index (χ1v) is 7.67. The minimum atomic E-state index is 0.0437. The van der Waals surface area contributed by atoms with Gasteiger partial charge in [-0.25, -0.2) is 0 Å². The van der Waals surface area contributed by atoms with E-state index in [4.69, 9.17) is 0 Å². The highest BCUT2D eigenvalue weighted by Crippen LogP contribution is 2.19. The van der Waals surface area contributed by atoms with Gasteiger partial charge in [0.2, 0.25) is 5.91 Å². The highest BCUT2D eigenvalue weighted by molar-refractivity contribution is 5.82. The molecule has 2 saturated heterocycles. The maximum atomic E-state index is 12.1. The summed E-state index contributed by atoms with van der Waals surface area (Å²) in [7, 11) is 0. The normalized spacial score (nSPS) is 23.8. The Labute approximate surface area is 120 Å². The number of nitrogens with one attached hydrogen (secondary N) is 2. The van der Waals surface area contributed by atoms with Crippen LogP contribution in [0.1, 0.15) is 25.7 Å². The monoisotopic (exact) mass is 273 g/mol. The van der Waals surface area contributed by atoms with Crippen molar-refractivity contribution in [3.8, 4) is 0 Å². The van der Waals surface area contributed by atoms with E-state index in [1.165, 1.54) is 5.69 Å². The molecule has 2 aliphatic heterocycles. The number of rotatable bonds is 3. The van der Waals surface area contributed by atoms with Gasteiger partial charge in [-0.3, -0.25) is 4.79 Å². The summed E-state index contributed by atoms with van der Waals surface area (Å²) in [6.07, 6.45) is 4.17. The van der Waals surface area contributed by atoms with Crippen molar-refractivity contribution >= 4 is 11.6 Å². The van der Waals surface area contributed by atoms with E-state index >= 15 is 0 Å². The van der Waals surface area contributed by atoms with E-state index in [2.05, 4.69) is 39.8 Å². The van der Waals surface area contributed by atoms with Crippen molar-refractivity contribution in [3.05, 3.63) is 30.3 Å². The Hall–Kier alpha value is -1.55. The Morgan fingerprint density at radius 1 is 1.15 bits per heavy atom. The second-order valence-corrected chi connectivity index (χ2v) is 5.75. The second kappa shape index (κ2) is 6.27. The molecule has 0 saturated carbocycles. The molecule has 1 unspecified atom stereocenters. The summed E-state index contributed by atoms with van der Waals surface area (Å²) in [4.78, 5) is 14.5. The SMILES string of the molecule is O=C(NC1CCN(c2ccccc2)CC1)C1CCCN1. The summed E-state index contributed by atoms with van der Waals surface area (Å²) in [6, 6.07) is 10.9. The molecule has 2 aliphatic rings. The molecule has 2 heterocycles. The standard InChI is InChI=1S/C16H23N3O/c20-16(15-7-4-10-17-15)18-13-8-11-19(12-9-13)14-5-2-1-3-6-14/h1-3,5-6,13,15,17H,4,7-12H2,(H,18,20). The van der Waals surface area contributed by atoms with Crippen LogP contribution in [0.5, 0.6) is 0 Å². The first-order chi connectivity index (χ1) is 9.83. The maximum absolute atomic E-state index is 12.1. The highest BCUT2D eigenvalue weighted by atomic mass is 16.2. The van der Waals surface area contributed by atoms with Crippen molar-refractivity contribution in [3.63, 3.8) is 0 Å². The minimum Gasteiger partial charge on any atom is -0.371 e.